The average molecular weight is 478 g/mol. The first-order valence-electron chi connectivity index (χ1n) is 11.7. The Labute approximate surface area is 203 Å². The molecule has 9 heteroatoms. The number of para-hydroxylation sites is 1. The molecule has 3 atom stereocenters. The van der Waals surface area contributed by atoms with Gasteiger partial charge in [-0.15, -0.1) is 0 Å². The highest BCUT2D eigenvalue weighted by molar-refractivity contribution is 5.67. The molecule has 2 aliphatic rings. The van der Waals surface area contributed by atoms with Gasteiger partial charge in [-0.05, 0) is 44.2 Å². The highest BCUT2D eigenvalue weighted by atomic mass is 19.1. The highest BCUT2D eigenvalue weighted by Gasteiger charge is 2.30. The minimum Gasteiger partial charge on any atom is -0.491 e. The Morgan fingerprint density at radius 2 is 1.80 bits per heavy atom. The van der Waals surface area contributed by atoms with E-state index in [2.05, 4.69) is 15.1 Å². The third-order valence-electron chi connectivity index (χ3n) is 6.26. The summed E-state index contributed by atoms with van der Waals surface area (Å²) in [5, 5.41) is 10.8. The molecule has 0 radical (unpaired) electrons. The van der Waals surface area contributed by atoms with Crippen LogP contribution in [0.4, 0.5) is 15.8 Å². The van der Waals surface area contributed by atoms with Crippen LogP contribution >= 0.6 is 0 Å². The van der Waals surface area contributed by atoms with Crippen molar-refractivity contribution < 1.29 is 13.9 Å². The molecule has 35 heavy (non-hydrogen) atoms. The molecule has 0 aliphatic carbocycles. The summed E-state index contributed by atoms with van der Waals surface area (Å²) in [6, 6.07) is 14.2. The molecule has 0 saturated carbocycles. The Hall–Kier alpha value is -3.72. The van der Waals surface area contributed by atoms with E-state index in [1.807, 2.05) is 50.2 Å². The molecular weight excluding hydrogens is 449 g/mol. The number of hydrogen-bond acceptors (Lipinski definition) is 7. The monoisotopic (exact) mass is 477 g/mol. The van der Waals surface area contributed by atoms with Crippen LogP contribution in [0.5, 0.6) is 5.75 Å². The van der Waals surface area contributed by atoms with Crippen molar-refractivity contribution in [3.8, 4) is 11.4 Å². The lowest BCUT2D eigenvalue weighted by molar-refractivity contribution is -0.00523. The lowest BCUT2D eigenvalue weighted by Gasteiger charge is -2.37. The fourth-order valence-corrected chi connectivity index (χ4v) is 4.71. The maximum Gasteiger partial charge on any atom is 0.247 e. The van der Waals surface area contributed by atoms with Gasteiger partial charge in [0.1, 0.15) is 17.4 Å². The van der Waals surface area contributed by atoms with Crippen molar-refractivity contribution in [3.63, 3.8) is 0 Å². The Bertz CT molecular complexity index is 1290. The molecule has 1 fully saturated rings. The number of nitrogens with zero attached hydrogens (tertiary/aromatic N) is 5. The van der Waals surface area contributed by atoms with Crippen molar-refractivity contribution in [3.05, 3.63) is 76.5 Å². The quantitative estimate of drug-likeness (QED) is 0.555. The van der Waals surface area contributed by atoms with Crippen molar-refractivity contribution in [1.29, 1.82) is 0 Å². The van der Waals surface area contributed by atoms with Crippen molar-refractivity contribution in [1.82, 2.24) is 9.78 Å². The summed E-state index contributed by atoms with van der Waals surface area (Å²) < 4.78 is 27.9. The van der Waals surface area contributed by atoms with Crippen molar-refractivity contribution in [2.75, 3.05) is 30.1 Å². The van der Waals surface area contributed by atoms with Crippen molar-refractivity contribution >= 4 is 17.6 Å². The number of morpholine rings is 1. The van der Waals surface area contributed by atoms with Crippen LogP contribution in [0.2, 0.25) is 0 Å². The van der Waals surface area contributed by atoms with E-state index in [1.165, 1.54) is 24.1 Å². The maximum absolute atomic E-state index is 15.4. The summed E-state index contributed by atoms with van der Waals surface area (Å²) in [6.07, 6.45) is 3.80. The zero-order valence-electron chi connectivity index (χ0n) is 20.0. The second-order valence-corrected chi connectivity index (χ2v) is 8.88. The van der Waals surface area contributed by atoms with E-state index in [0.717, 1.165) is 11.4 Å². The van der Waals surface area contributed by atoms with Crippen LogP contribution in [0.3, 0.4) is 0 Å². The smallest absolute Gasteiger partial charge is 0.247 e. The van der Waals surface area contributed by atoms with Gasteiger partial charge >= 0.3 is 0 Å². The van der Waals surface area contributed by atoms with E-state index in [0.29, 0.717) is 19.5 Å². The molecule has 1 saturated heterocycles. The lowest BCUT2D eigenvalue weighted by Crippen LogP contribution is -2.45. The average Bonchev–Trinajstić information content (AvgIpc) is 3.34. The van der Waals surface area contributed by atoms with Gasteiger partial charge in [0.05, 0.1) is 31.2 Å². The number of anilines is 2. The molecule has 2 aromatic carbocycles. The van der Waals surface area contributed by atoms with E-state index in [4.69, 9.17) is 9.47 Å². The largest absolute Gasteiger partial charge is 0.491 e. The van der Waals surface area contributed by atoms with Gasteiger partial charge in [0.15, 0.2) is 11.6 Å². The van der Waals surface area contributed by atoms with Gasteiger partial charge in [0, 0.05) is 31.4 Å². The number of hydrazone groups is 1. The minimum absolute atomic E-state index is 0.0649. The van der Waals surface area contributed by atoms with E-state index in [1.54, 1.807) is 17.3 Å². The normalized spacial score (nSPS) is 22.0. The number of benzene rings is 2. The molecule has 1 unspecified atom stereocenters. The van der Waals surface area contributed by atoms with Crippen LogP contribution in [-0.4, -0.2) is 48.4 Å². The first-order chi connectivity index (χ1) is 16.9. The summed E-state index contributed by atoms with van der Waals surface area (Å²) in [5.41, 5.74) is 1.75. The van der Waals surface area contributed by atoms with Gasteiger partial charge in [-0.1, -0.05) is 18.2 Å². The van der Waals surface area contributed by atoms with Crippen LogP contribution in [0.1, 0.15) is 32.0 Å². The Kier molecular flexibility index (Phi) is 6.25. The van der Waals surface area contributed by atoms with Crippen LogP contribution in [-0.2, 0) is 4.74 Å². The van der Waals surface area contributed by atoms with Gasteiger partial charge in [-0.3, -0.25) is 9.80 Å². The third-order valence-corrected chi connectivity index (χ3v) is 6.26. The summed E-state index contributed by atoms with van der Waals surface area (Å²) in [5.74, 6) is -0.352. The molecule has 0 spiro atoms. The zero-order valence-corrected chi connectivity index (χ0v) is 20.0. The summed E-state index contributed by atoms with van der Waals surface area (Å²) >= 11 is 0. The standard InChI is InChI=1S/C26H28FN5O3/c1-17-14-30(15-18(2)35-17)20-9-10-22(21(27)13-20)31-16-24(34-3)26(33)25(29-31)23-11-12-28-32(23)19-7-5-4-6-8-19/h4-10,12-13,16-18,23H,11,14-15H2,1-3H3/t17-,18+,23?. The molecule has 0 amide bonds. The van der Waals surface area contributed by atoms with Gasteiger partial charge < -0.3 is 14.4 Å². The van der Waals surface area contributed by atoms with Crippen LogP contribution in [0.15, 0.2) is 64.6 Å². The molecule has 2 aliphatic heterocycles. The van der Waals surface area contributed by atoms with Gasteiger partial charge in [0.2, 0.25) is 5.43 Å². The molecule has 0 N–H and O–H groups in total. The second kappa shape index (κ2) is 9.50. The third kappa shape index (κ3) is 4.51. The fraction of sp³-hybridized carbons (Fsp3) is 0.346. The number of aromatic nitrogens is 2. The maximum atomic E-state index is 15.4. The van der Waals surface area contributed by atoms with E-state index >= 15 is 4.39 Å². The summed E-state index contributed by atoms with van der Waals surface area (Å²) in [6.45, 7) is 5.40. The van der Waals surface area contributed by atoms with E-state index in [9.17, 15) is 4.79 Å². The molecule has 3 heterocycles. The van der Waals surface area contributed by atoms with Gasteiger partial charge in [-0.25, -0.2) is 9.07 Å². The number of ether oxygens (including phenoxy) is 2. The molecule has 5 rings (SSSR count). The Morgan fingerprint density at radius 1 is 1.06 bits per heavy atom. The van der Waals surface area contributed by atoms with Crippen LogP contribution in [0, 0.1) is 5.82 Å². The van der Waals surface area contributed by atoms with Crippen molar-refractivity contribution in [2.45, 2.75) is 38.5 Å². The second-order valence-electron chi connectivity index (χ2n) is 8.88. The highest BCUT2D eigenvalue weighted by Crippen LogP contribution is 2.32. The number of rotatable bonds is 5. The fourth-order valence-electron chi connectivity index (χ4n) is 4.71. The van der Waals surface area contributed by atoms with Gasteiger partial charge in [0.25, 0.3) is 0 Å². The molecule has 0 bridgehead atoms. The first kappa shape index (κ1) is 23.0. The topological polar surface area (TPSA) is 72.2 Å². The molecule has 182 valence electrons. The van der Waals surface area contributed by atoms with Crippen LogP contribution in [0.25, 0.3) is 5.69 Å². The minimum atomic E-state index is -0.443. The van der Waals surface area contributed by atoms with E-state index < -0.39 is 11.9 Å². The SMILES string of the molecule is COc1cn(-c2ccc(N3C[C@@H](C)O[C@@H](C)C3)cc2F)nc(C2CC=NN2c2ccccc2)c1=O. The predicted molar refractivity (Wildman–Crippen MR) is 133 cm³/mol. The number of halogens is 1. The van der Waals surface area contributed by atoms with E-state index in [-0.39, 0.29) is 34.8 Å². The zero-order chi connectivity index (χ0) is 24.5. The van der Waals surface area contributed by atoms with Crippen LogP contribution < -0.4 is 20.1 Å². The lowest BCUT2D eigenvalue weighted by atomic mass is 10.1. The first-order valence-corrected chi connectivity index (χ1v) is 11.7. The summed E-state index contributed by atoms with van der Waals surface area (Å²) in [4.78, 5) is 15.3. The Balaban J connectivity index is 1.52. The molecule has 3 aromatic rings. The number of hydrogen-bond donors (Lipinski definition) is 0. The molecule has 1 aromatic heterocycles. The molecule has 8 nitrogen and oxygen atoms in total. The van der Waals surface area contributed by atoms with Crippen molar-refractivity contribution in [2.24, 2.45) is 5.10 Å². The number of methoxy groups -OCH3 is 1. The Morgan fingerprint density at radius 3 is 2.49 bits per heavy atom. The predicted octanol–water partition coefficient (Wildman–Crippen LogP) is 3.93. The summed E-state index contributed by atoms with van der Waals surface area (Å²) in [7, 11) is 1.42. The molecular formula is C26H28FN5O3. The van der Waals surface area contributed by atoms with Gasteiger partial charge in [-0.2, -0.15) is 10.2 Å².